The lowest BCUT2D eigenvalue weighted by Crippen LogP contribution is -2.54. The first kappa shape index (κ1) is 20.2. The highest BCUT2D eigenvalue weighted by Crippen LogP contribution is 2.23. The maximum absolute atomic E-state index is 14.0. The van der Waals surface area contributed by atoms with E-state index >= 15 is 0 Å². The summed E-state index contributed by atoms with van der Waals surface area (Å²) in [6.07, 6.45) is 0. The Bertz CT molecular complexity index is 939. The van der Waals surface area contributed by atoms with Gasteiger partial charge in [0.1, 0.15) is 11.9 Å². The molecule has 2 aromatic rings. The van der Waals surface area contributed by atoms with Crippen LogP contribution in [0.1, 0.15) is 11.6 Å². The maximum atomic E-state index is 14.0. The number of anilines is 2. The number of nitriles is 1. The van der Waals surface area contributed by atoms with E-state index in [1.54, 1.807) is 19.1 Å². The number of hydrogen-bond donors (Lipinski definition) is 0. The Kier molecular flexibility index (Phi) is 5.86. The summed E-state index contributed by atoms with van der Waals surface area (Å²) in [5.74, 6) is 0.852. The molecule has 2 fully saturated rings. The zero-order valence-electron chi connectivity index (χ0n) is 17.1. The number of carbonyl (C=O) groups is 1. The Hall–Kier alpha value is -3.12. The van der Waals surface area contributed by atoms with Gasteiger partial charge in [-0.15, -0.1) is 0 Å². The van der Waals surface area contributed by atoms with Crippen LogP contribution >= 0.6 is 0 Å². The van der Waals surface area contributed by atoms with Crippen LogP contribution in [0, 0.1) is 24.1 Å². The molecule has 0 radical (unpaired) electrons. The fourth-order valence-electron chi connectivity index (χ4n) is 4.01. The predicted octanol–water partition coefficient (Wildman–Crippen LogP) is 1.46. The maximum Gasteiger partial charge on any atom is 0.236 e. The number of benzene rings is 1. The van der Waals surface area contributed by atoms with Gasteiger partial charge in [-0.3, -0.25) is 9.69 Å². The van der Waals surface area contributed by atoms with E-state index in [1.807, 2.05) is 20.8 Å². The molecule has 1 aromatic carbocycles. The van der Waals surface area contributed by atoms with Crippen LogP contribution in [0.3, 0.4) is 0 Å². The number of hydrogen-bond acceptors (Lipinski definition) is 7. The number of rotatable bonds is 4. The molecule has 158 valence electrons. The van der Waals surface area contributed by atoms with E-state index < -0.39 is 0 Å². The van der Waals surface area contributed by atoms with Crippen LogP contribution in [0.15, 0.2) is 28.7 Å². The molecule has 9 heteroatoms. The van der Waals surface area contributed by atoms with Crippen LogP contribution in [-0.2, 0) is 4.79 Å². The van der Waals surface area contributed by atoms with Crippen molar-refractivity contribution < 1.29 is 13.6 Å². The van der Waals surface area contributed by atoms with E-state index in [2.05, 4.69) is 16.0 Å². The van der Waals surface area contributed by atoms with Crippen molar-refractivity contribution in [1.82, 2.24) is 14.8 Å². The van der Waals surface area contributed by atoms with E-state index in [0.717, 1.165) is 13.1 Å². The van der Waals surface area contributed by atoms with Crippen molar-refractivity contribution >= 4 is 17.5 Å². The summed E-state index contributed by atoms with van der Waals surface area (Å²) in [5.41, 5.74) is 0.916. The number of aryl methyl sites for hydroxylation is 1. The van der Waals surface area contributed by atoms with Crippen LogP contribution in [0.25, 0.3) is 0 Å². The molecule has 2 saturated heterocycles. The number of piperazine rings is 2. The van der Waals surface area contributed by atoms with Crippen molar-refractivity contribution in [2.75, 3.05) is 68.7 Å². The van der Waals surface area contributed by atoms with Crippen molar-refractivity contribution in [1.29, 1.82) is 5.26 Å². The van der Waals surface area contributed by atoms with E-state index in [9.17, 15) is 14.4 Å². The number of oxazole rings is 1. The van der Waals surface area contributed by atoms with E-state index in [-0.39, 0.29) is 11.7 Å². The van der Waals surface area contributed by atoms with Crippen LogP contribution in [0.4, 0.5) is 16.0 Å². The molecule has 0 spiro atoms. The van der Waals surface area contributed by atoms with Crippen LogP contribution in [0.2, 0.25) is 0 Å². The summed E-state index contributed by atoms with van der Waals surface area (Å²) in [6, 6.07) is 8.86. The third-order valence-electron chi connectivity index (χ3n) is 5.67. The van der Waals surface area contributed by atoms with E-state index in [4.69, 9.17) is 4.42 Å². The van der Waals surface area contributed by atoms with Crippen LogP contribution < -0.4 is 9.80 Å². The van der Waals surface area contributed by atoms with Gasteiger partial charge in [0.2, 0.25) is 17.5 Å². The quantitative estimate of drug-likeness (QED) is 0.752. The molecule has 0 aliphatic carbocycles. The zero-order chi connectivity index (χ0) is 21.1. The summed E-state index contributed by atoms with van der Waals surface area (Å²) < 4.78 is 19.5. The third-order valence-corrected chi connectivity index (χ3v) is 5.67. The fraction of sp³-hybridized carbons (Fsp3) is 0.476. The highest BCUT2D eigenvalue weighted by Gasteiger charge is 2.27. The second-order valence-electron chi connectivity index (χ2n) is 7.58. The molecule has 0 bridgehead atoms. The van der Waals surface area contributed by atoms with Gasteiger partial charge in [-0.05, 0) is 12.1 Å². The summed E-state index contributed by atoms with van der Waals surface area (Å²) in [6.45, 7) is 7.31. The highest BCUT2D eigenvalue weighted by molar-refractivity contribution is 5.78. The van der Waals surface area contributed by atoms with Gasteiger partial charge in [0.05, 0.1) is 12.2 Å². The lowest BCUT2D eigenvalue weighted by atomic mass is 10.2. The fourth-order valence-corrected chi connectivity index (χ4v) is 4.01. The topological polar surface area (TPSA) is 79.9 Å². The molecule has 30 heavy (non-hydrogen) atoms. The second kappa shape index (κ2) is 8.71. The summed E-state index contributed by atoms with van der Waals surface area (Å²) >= 11 is 0. The molecule has 1 aromatic heterocycles. The smallest absolute Gasteiger partial charge is 0.236 e. The number of halogens is 1. The Morgan fingerprint density at radius 3 is 2.43 bits per heavy atom. The first-order valence-corrected chi connectivity index (χ1v) is 10.2. The average Bonchev–Trinajstić information content (AvgIpc) is 3.15. The van der Waals surface area contributed by atoms with Crippen molar-refractivity contribution in [3.8, 4) is 6.07 Å². The zero-order valence-corrected chi connectivity index (χ0v) is 17.1. The first-order chi connectivity index (χ1) is 14.5. The molecule has 0 N–H and O–H groups in total. The van der Waals surface area contributed by atoms with E-state index in [0.29, 0.717) is 69.0 Å². The molecule has 3 heterocycles. The van der Waals surface area contributed by atoms with Gasteiger partial charge >= 0.3 is 0 Å². The summed E-state index contributed by atoms with van der Waals surface area (Å²) in [5, 5.41) is 9.20. The van der Waals surface area contributed by atoms with Crippen molar-refractivity contribution in [3.63, 3.8) is 0 Å². The molecular weight excluding hydrogens is 387 g/mol. The van der Waals surface area contributed by atoms with Gasteiger partial charge in [0.15, 0.2) is 5.89 Å². The van der Waals surface area contributed by atoms with Gasteiger partial charge in [-0.1, -0.05) is 12.1 Å². The predicted molar refractivity (Wildman–Crippen MR) is 110 cm³/mol. The molecule has 2 aliphatic rings. The van der Waals surface area contributed by atoms with Crippen molar-refractivity contribution in [2.24, 2.45) is 0 Å². The lowest BCUT2D eigenvalue weighted by Gasteiger charge is -2.38. The Labute approximate surface area is 175 Å². The monoisotopic (exact) mass is 412 g/mol. The minimum absolute atomic E-state index is 0.100. The Morgan fingerprint density at radius 2 is 1.77 bits per heavy atom. The van der Waals surface area contributed by atoms with Crippen LogP contribution in [0.5, 0.6) is 0 Å². The number of para-hydroxylation sites is 1. The molecule has 4 rings (SSSR count). The SMILES string of the molecule is Cc1nc(C#N)c(N2CCN(C(=O)CN3CCN(c4ccccc4F)CC3)CC2)o1. The molecule has 8 nitrogen and oxygen atoms in total. The van der Waals surface area contributed by atoms with Gasteiger partial charge in [0.25, 0.3) is 0 Å². The van der Waals surface area contributed by atoms with Gasteiger partial charge in [-0.2, -0.15) is 5.26 Å². The van der Waals surface area contributed by atoms with Crippen molar-refractivity contribution in [3.05, 3.63) is 41.7 Å². The number of carbonyl (C=O) groups excluding carboxylic acids is 1. The molecule has 0 atom stereocenters. The third kappa shape index (κ3) is 4.24. The van der Waals surface area contributed by atoms with E-state index in [1.165, 1.54) is 6.07 Å². The van der Waals surface area contributed by atoms with Gasteiger partial charge in [-0.25, -0.2) is 9.37 Å². The van der Waals surface area contributed by atoms with Crippen molar-refractivity contribution in [2.45, 2.75) is 6.92 Å². The standard InChI is InChI=1S/C21H25FN6O2/c1-16-24-18(14-23)21(30-16)28-12-10-27(11-13-28)20(29)15-25-6-8-26(9-7-25)19-5-3-2-4-17(19)22/h2-5H,6-13,15H2,1H3. The normalized spacial score (nSPS) is 17.8. The molecule has 2 aliphatic heterocycles. The molecule has 0 saturated carbocycles. The average molecular weight is 412 g/mol. The largest absolute Gasteiger partial charge is 0.424 e. The minimum atomic E-state index is -0.207. The summed E-state index contributed by atoms with van der Waals surface area (Å²) in [4.78, 5) is 24.8. The number of aromatic nitrogens is 1. The molecule has 0 unspecified atom stereocenters. The Morgan fingerprint density at radius 1 is 1.10 bits per heavy atom. The molecule has 1 amide bonds. The minimum Gasteiger partial charge on any atom is -0.424 e. The highest BCUT2D eigenvalue weighted by atomic mass is 19.1. The first-order valence-electron chi connectivity index (χ1n) is 10.2. The number of amides is 1. The Balaban J connectivity index is 1.26. The lowest BCUT2D eigenvalue weighted by molar-refractivity contribution is -0.132. The van der Waals surface area contributed by atoms with Gasteiger partial charge in [0, 0.05) is 59.3 Å². The summed E-state index contributed by atoms with van der Waals surface area (Å²) in [7, 11) is 0. The number of nitrogens with zero attached hydrogens (tertiary/aromatic N) is 6. The van der Waals surface area contributed by atoms with Gasteiger partial charge < -0.3 is 19.1 Å². The second-order valence-corrected chi connectivity index (χ2v) is 7.58. The van der Waals surface area contributed by atoms with Crippen LogP contribution in [-0.4, -0.2) is 79.6 Å². The molecular formula is C21H25FN6O2.